The molecule has 1 fully saturated rings. The first-order valence-electron chi connectivity index (χ1n) is 6.07. The van der Waals surface area contributed by atoms with Crippen molar-refractivity contribution in [3.05, 3.63) is 0 Å². The molecule has 0 spiro atoms. The predicted molar refractivity (Wildman–Crippen MR) is 65.4 cm³/mol. The Morgan fingerprint density at radius 3 is 2.53 bits per heavy atom. The van der Waals surface area contributed by atoms with E-state index < -0.39 is 11.4 Å². The number of ether oxygens (including phenoxy) is 2. The summed E-state index contributed by atoms with van der Waals surface area (Å²) in [4.78, 5) is 11.1. The minimum Gasteiger partial charge on any atom is -0.376 e. The highest BCUT2D eigenvalue weighted by Crippen LogP contribution is 2.29. The molecule has 5 nitrogen and oxygen atoms in total. The molecule has 2 unspecified atom stereocenters. The minimum absolute atomic E-state index is 0.0241. The molecule has 0 saturated heterocycles. The molecule has 4 N–H and O–H groups in total. The molecule has 1 saturated carbocycles. The second-order valence-electron chi connectivity index (χ2n) is 5.72. The van der Waals surface area contributed by atoms with Gasteiger partial charge in [-0.15, -0.1) is 0 Å². The highest BCUT2D eigenvalue weighted by atomic mass is 16.5. The van der Waals surface area contributed by atoms with Crippen molar-refractivity contribution in [1.29, 1.82) is 0 Å². The smallest absolute Gasteiger partial charge is 0.237 e. The zero-order chi connectivity index (χ0) is 13.1. The molecule has 0 aromatic rings. The highest BCUT2D eigenvalue weighted by molar-refractivity contribution is 5.84. The maximum atomic E-state index is 11.1. The standard InChI is InChI=1S/C12H24N2O3/c1-11(2,3)17-7-6-16-9-4-5-12(14,8-9)10(13)15/h9H,4-8,14H2,1-3H3,(H2,13,15). The Balaban J connectivity index is 2.21. The third-order valence-corrected chi connectivity index (χ3v) is 2.97. The van der Waals surface area contributed by atoms with Gasteiger partial charge >= 0.3 is 0 Å². The Morgan fingerprint density at radius 1 is 1.41 bits per heavy atom. The van der Waals surface area contributed by atoms with Crippen LogP contribution in [0.3, 0.4) is 0 Å². The third kappa shape index (κ3) is 4.61. The van der Waals surface area contributed by atoms with Crippen LogP contribution in [0.4, 0.5) is 0 Å². The topological polar surface area (TPSA) is 87.6 Å². The van der Waals surface area contributed by atoms with Crippen LogP contribution >= 0.6 is 0 Å². The van der Waals surface area contributed by atoms with Gasteiger partial charge in [0.05, 0.1) is 30.5 Å². The number of carbonyl (C=O) groups is 1. The summed E-state index contributed by atoms with van der Waals surface area (Å²) in [7, 11) is 0. The maximum Gasteiger partial charge on any atom is 0.237 e. The Morgan fingerprint density at radius 2 is 2.06 bits per heavy atom. The van der Waals surface area contributed by atoms with E-state index >= 15 is 0 Å². The van der Waals surface area contributed by atoms with E-state index in [2.05, 4.69) is 0 Å². The molecule has 17 heavy (non-hydrogen) atoms. The molecule has 100 valence electrons. The van der Waals surface area contributed by atoms with Crippen LogP contribution in [-0.2, 0) is 14.3 Å². The molecular formula is C12H24N2O3. The lowest BCUT2D eigenvalue weighted by atomic mass is 9.99. The summed E-state index contributed by atoms with van der Waals surface area (Å²) >= 11 is 0. The van der Waals surface area contributed by atoms with E-state index in [0.29, 0.717) is 26.1 Å². The molecule has 2 atom stereocenters. The number of hydrogen-bond donors (Lipinski definition) is 2. The van der Waals surface area contributed by atoms with Gasteiger partial charge in [0, 0.05) is 6.42 Å². The fourth-order valence-electron chi connectivity index (χ4n) is 1.96. The average Bonchev–Trinajstić information content (AvgIpc) is 2.55. The largest absolute Gasteiger partial charge is 0.376 e. The van der Waals surface area contributed by atoms with Crippen LogP contribution in [0.15, 0.2) is 0 Å². The summed E-state index contributed by atoms with van der Waals surface area (Å²) in [5.41, 5.74) is 10.1. The molecule has 0 radical (unpaired) electrons. The van der Waals surface area contributed by atoms with E-state index in [1.54, 1.807) is 0 Å². The highest BCUT2D eigenvalue weighted by Gasteiger charge is 2.40. The molecule has 5 heteroatoms. The third-order valence-electron chi connectivity index (χ3n) is 2.97. The minimum atomic E-state index is -0.879. The molecule has 1 aliphatic carbocycles. The number of primary amides is 1. The van der Waals surface area contributed by atoms with Crippen LogP contribution in [-0.4, -0.2) is 36.4 Å². The summed E-state index contributed by atoms with van der Waals surface area (Å²) in [5.74, 6) is -0.436. The molecule has 1 aliphatic rings. The van der Waals surface area contributed by atoms with Gasteiger partial charge < -0.3 is 20.9 Å². The van der Waals surface area contributed by atoms with E-state index in [1.807, 2.05) is 20.8 Å². The summed E-state index contributed by atoms with van der Waals surface area (Å²) in [6, 6.07) is 0. The van der Waals surface area contributed by atoms with Gasteiger partial charge in [-0.1, -0.05) is 0 Å². The maximum absolute atomic E-state index is 11.1. The van der Waals surface area contributed by atoms with E-state index in [-0.39, 0.29) is 11.7 Å². The molecule has 0 aromatic heterocycles. The molecule has 1 amide bonds. The second-order valence-corrected chi connectivity index (χ2v) is 5.72. The Labute approximate surface area is 103 Å². The van der Waals surface area contributed by atoms with Crippen molar-refractivity contribution in [3.8, 4) is 0 Å². The van der Waals surface area contributed by atoms with Gasteiger partial charge in [0.1, 0.15) is 0 Å². The molecule has 0 aromatic carbocycles. The first kappa shape index (κ1) is 14.4. The Kier molecular flexibility index (Phi) is 4.52. The monoisotopic (exact) mass is 244 g/mol. The fraction of sp³-hybridized carbons (Fsp3) is 0.917. The number of amides is 1. The summed E-state index contributed by atoms with van der Waals surface area (Å²) < 4.78 is 11.2. The average molecular weight is 244 g/mol. The van der Waals surface area contributed by atoms with Crippen molar-refractivity contribution >= 4 is 5.91 Å². The van der Waals surface area contributed by atoms with Crippen LogP contribution in [0, 0.1) is 0 Å². The number of nitrogens with two attached hydrogens (primary N) is 2. The van der Waals surface area contributed by atoms with Gasteiger partial charge in [-0.2, -0.15) is 0 Å². The zero-order valence-electron chi connectivity index (χ0n) is 11.0. The summed E-state index contributed by atoms with van der Waals surface area (Å²) in [5, 5.41) is 0. The normalized spacial score (nSPS) is 29.5. The summed E-state index contributed by atoms with van der Waals surface area (Å²) in [6.07, 6.45) is 1.93. The van der Waals surface area contributed by atoms with Gasteiger partial charge in [-0.3, -0.25) is 4.79 Å². The van der Waals surface area contributed by atoms with Crippen LogP contribution in [0.2, 0.25) is 0 Å². The molecule has 1 rings (SSSR count). The predicted octanol–water partition coefficient (Wildman–Crippen LogP) is 0.553. The summed E-state index contributed by atoms with van der Waals surface area (Å²) in [6.45, 7) is 7.08. The van der Waals surface area contributed by atoms with Crippen molar-refractivity contribution in [2.75, 3.05) is 13.2 Å². The Bertz CT molecular complexity index is 275. The van der Waals surface area contributed by atoms with Crippen molar-refractivity contribution in [3.63, 3.8) is 0 Å². The SMILES string of the molecule is CC(C)(C)OCCOC1CCC(N)(C(N)=O)C1. The quantitative estimate of drug-likeness (QED) is 0.691. The Hall–Kier alpha value is -0.650. The fourth-order valence-corrected chi connectivity index (χ4v) is 1.96. The van der Waals surface area contributed by atoms with Gasteiger partial charge in [-0.05, 0) is 33.6 Å². The van der Waals surface area contributed by atoms with Gasteiger partial charge in [0.15, 0.2) is 0 Å². The van der Waals surface area contributed by atoms with Gasteiger partial charge in [0.25, 0.3) is 0 Å². The van der Waals surface area contributed by atoms with Crippen LogP contribution < -0.4 is 11.5 Å². The first-order valence-corrected chi connectivity index (χ1v) is 6.07. The van der Waals surface area contributed by atoms with E-state index in [9.17, 15) is 4.79 Å². The van der Waals surface area contributed by atoms with Crippen molar-refractivity contribution in [2.45, 2.75) is 57.3 Å². The van der Waals surface area contributed by atoms with Crippen molar-refractivity contribution in [2.24, 2.45) is 11.5 Å². The lowest BCUT2D eigenvalue weighted by Crippen LogP contribution is -2.50. The molecule has 0 aliphatic heterocycles. The van der Waals surface area contributed by atoms with Crippen LogP contribution in [0.1, 0.15) is 40.0 Å². The molecule has 0 heterocycles. The van der Waals surface area contributed by atoms with E-state index in [0.717, 1.165) is 6.42 Å². The van der Waals surface area contributed by atoms with Crippen molar-refractivity contribution in [1.82, 2.24) is 0 Å². The lowest BCUT2D eigenvalue weighted by Gasteiger charge is -2.21. The van der Waals surface area contributed by atoms with Gasteiger partial charge in [0.2, 0.25) is 5.91 Å². The van der Waals surface area contributed by atoms with Gasteiger partial charge in [-0.25, -0.2) is 0 Å². The van der Waals surface area contributed by atoms with Crippen LogP contribution in [0.5, 0.6) is 0 Å². The van der Waals surface area contributed by atoms with Crippen molar-refractivity contribution < 1.29 is 14.3 Å². The lowest BCUT2D eigenvalue weighted by molar-refractivity contribution is -0.123. The molecular weight excluding hydrogens is 220 g/mol. The molecule has 0 bridgehead atoms. The van der Waals surface area contributed by atoms with E-state index in [1.165, 1.54) is 0 Å². The second kappa shape index (κ2) is 5.33. The van der Waals surface area contributed by atoms with E-state index in [4.69, 9.17) is 20.9 Å². The number of hydrogen-bond acceptors (Lipinski definition) is 4. The number of carbonyl (C=O) groups excluding carboxylic acids is 1. The number of rotatable bonds is 5. The first-order chi connectivity index (χ1) is 7.73. The zero-order valence-corrected chi connectivity index (χ0v) is 11.0. The van der Waals surface area contributed by atoms with Crippen LogP contribution in [0.25, 0.3) is 0 Å².